The molecule has 0 aliphatic rings. The van der Waals surface area contributed by atoms with Crippen LogP contribution < -0.4 is 15.5 Å². The normalized spacial score (nSPS) is 10.3. The Bertz CT molecular complexity index is 804. The largest absolute Gasteiger partial charge is 0.489 e. The maximum atomic E-state index is 11.4. The fraction of sp³-hybridized carbons (Fsp3) is 0.105. The maximum absolute atomic E-state index is 11.4. The summed E-state index contributed by atoms with van der Waals surface area (Å²) in [7, 11) is 0. The van der Waals surface area contributed by atoms with Crippen molar-refractivity contribution in [3.63, 3.8) is 0 Å². The molecule has 0 bridgehead atoms. The molecule has 0 atom stereocenters. The Morgan fingerprint density at radius 3 is 2.54 bits per heavy atom. The summed E-state index contributed by atoms with van der Waals surface area (Å²) in [6, 6.07) is 14.6. The smallest absolute Gasteiger partial charge is 0.329 e. The van der Waals surface area contributed by atoms with Gasteiger partial charge in [0.1, 0.15) is 12.4 Å². The zero-order valence-corrected chi connectivity index (χ0v) is 14.7. The minimum atomic E-state index is -0.845. The Kier molecular flexibility index (Phi) is 7.39. The molecule has 0 unspecified atom stereocenters. The highest BCUT2D eigenvalue weighted by molar-refractivity contribution is 6.35. The third kappa shape index (κ3) is 6.07. The Morgan fingerprint density at radius 1 is 1.12 bits per heavy atom. The number of hydrogen-bond donors (Lipinski definition) is 2. The summed E-state index contributed by atoms with van der Waals surface area (Å²) in [4.78, 5) is 22.8. The predicted octanol–water partition coefficient (Wildman–Crippen LogP) is 2.67. The molecule has 0 aliphatic carbocycles. The van der Waals surface area contributed by atoms with Crippen molar-refractivity contribution < 1.29 is 14.3 Å². The van der Waals surface area contributed by atoms with Gasteiger partial charge in [-0.1, -0.05) is 35.9 Å². The van der Waals surface area contributed by atoms with Crippen molar-refractivity contribution in [3.8, 4) is 5.75 Å². The number of hydrazone groups is 1. The van der Waals surface area contributed by atoms with E-state index in [1.807, 2.05) is 24.3 Å². The summed E-state index contributed by atoms with van der Waals surface area (Å²) >= 11 is 6.08. The number of rotatable bonds is 7. The second-order valence-corrected chi connectivity index (χ2v) is 5.55. The van der Waals surface area contributed by atoms with Crippen molar-refractivity contribution in [2.45, 2.75) is 6.61 Å². The van der Waals surface area contributed by atoms with Crippen molar-refractivity contribution in [1.29, 1.82) is 0 Å². The van der Waals surface area contributed by atoms with Gasteiger partial charge in [-0.15, -0.1) is 6.58 Å². The lowest BCUT2D eigenvalue weighted by Crippen LogP contribution is -2.37. The van der Waals surface area contributed by atoms with Crippen LogP contribution in [0.4, 0.5) is 0 Å². The molecule has 7 heteroatoms. The third-order valence-corrected chi connectivity index (χ3v) is 3.59. The van der Waals surface area contributed by atoms with Crippen LogP contribution in [0.2, 0.25) is 5.02 Å². The molecule has 0 aromatic heterocycles. The average Bonchev–Trinajstić information content (AvgIpc) is 2.66. The molecule has 2 aromatic rings. The number of amides is 2. The molecule has 2 rings (SSSR count). The molecule has 2 amide bonds. The maximum Gasteiger partial charge on any atom is 0.329 e. The Morgan fingerprint density at radius 2 is 1.85 bits per heavy atom. The van der Waals surface area contributed by atoms with E-state index < -0.39 is 11.8 Å². The molecule has 0 aliphatic heterocycles. The fourth-order valence-corrected chi connectivity index (χ4v) is 2.08. The number of benzene rings is 2. The van der Waals surface area contributed by atoms with Crippen LogP contribution in [0.25, 0.3) is 0 Å². The van der Waals surface area contributed by atoms with Gasteiger partial charge >= 0.3 is 11.8 Å². The van der Waals surface area contributed by atoms with E-state index in [2.05, 4.69) is 22.4 Å². The number of hydrogen-bond acceptors (Lipinski definition) is 4. The number of ether oxygens (including phenoxy) is 1. The molecule has 0 saturated carbocycles. The monoisotopic (exact) mass is 371 g/mol. The summed E-state index contributed by atoms with van der Waals surface area (Å²) in [6.07, 6.45) is 2.90. The van der Waals surface area contributed by atoms with Gasteiger partial charge in [-0.25, -0.2) is 5.43 Å². The first-order valence-electron chi connectivity index (χ1n) is 7.78. The van der Waals surface area contributed by atoms with Gasteiger partial charge in [-0.05, 0) is 35.9 Å². The first kappa shape index (κ1) is 19.2. The van der Waals surface area contributed by atoms with E-state index in [1.165, 1.54) is 12.3 Å². The third-order valence-electron chi connectivity index (χ3n) is 3.23. The van der Waals surface area contributed by atoms with Crippen molar-refractivity contribution in [1.82, 2.24) is 10.7 Å². The molecule has 2 N–H and O–H groups in total. The summed E-state index contributed by atoms with van der Waals surface area (Å²) in [6.45, 7) is 4.02. The van der Waals surface area contributed by atoms with Crippen LogP contribution in [0, 0.1) is 0 Å². The van der Waals surface area contributed by atoms with Gasteiger partial charge in [-0.3, -0.25) is 9.59 Å². The number of carbonyl (C=O) groups is 2. The van der Waals surface area contributed by atoms with Crippen LogP contribution in [-0.2, 0) is 16.2 Å². The Balaban J connectivity index is 1.83. The first-order chi connectivity index (χ1) is 12.6. The van der Waals surface area contributed by atoms with Crippen molar-refractivity contribution >= 4 is 29.6 Å². The van der Waals surface area contributed by atoms with Crippen LogP contribution >= 0.6 is 11.6 Å². The zero-order valence-electron chi connectivity index (χ0n) is 13.9. The predicted molar refractivity (Wildman–Crippen MR) is 101 cm³/mol. The van der Waals surface area contributed by atoms with E-state index in [4.69, 9.17) is 16.3 Å². The molecule has 0 radical (unpaired) electrons. The van der Waals surface area contributed by atoms with Crippen molar-refractivity contribution in [3.05, 3.63) is 77.3 Å². The lowest BCUT2D eigenvalue weighted by Gasteiger charge is -2.07. The van der Waals surface area contributed by atoms with Gasteiger partial charge < -0.3 is 10.1 Å². The second-order valence-electron chi connectivity index (χ2n) is 5.15. The van der Waals surface area contributed by atoms with E-state index in [-0.39, 0.29) is 6.54 Å². The number of nitrogens with zero attached hydrogens (tertiary/aromatic N) is 1. The molecular weight excluding hydrogens is 354 g/mol. The minimum Gasteiger partial charge on any atom is -0.489 e. The molecule has 2 aromatic carbocycles. The Labute approximate surface area is 156 Å². The fourth-order valence-electron chi connectivity index (χ4n) is 1.89. The molecule has 0 saturated heterocycles. The molecule has 6 nitrogen and oxygen atoms in total. The van der Waals surface area contributed by atoms with Crippen molar-refractivity contribution in [2.75, 3.05) is 6.54 Å². The number of carbonyl (C=O) groups excluding carboxylic acids is 2. The summed E-state index contributed by atoms with van der Waals surface area (Å²) in [5.74, 6) is -0.942. The highest BCUT2D eigenvalue weighted by atomic mass is 35.5. The highest BCUT2D eigenvalue weighted by Gasteiger charge is 2.10. The first-order valence-corrected chi connectivity index (χ1v) is 8.16. The van der Waals surface area contributed by atoms with E-state index in [9.17, 15) is 9.59 Å². The highest BCUT2D eigenvalue weighted by Crippen LogP contribution is 2.18. The van der Waals surface area contributed by atoms with Crippen LogP contribution in [0.15, 0.2) is 66.3 Å². The molecule has 0 heterocycles. The molecule has 0 spiro atoms. The zero-order chi connectivity index (χ0) is 18.8. The van der Waals surface area contributed by atoms with Crippen LogP contribution in [0.3, 0.4) is 0 Å². The van der Waals surface area contributed by atoms with Crippen LogP contribution in [0.5, 0.6) is 5.75 Å². The van der Waals surface area contributed by atoms with Gasteiger partial charge in [0, 0.05) is 17.1 Å². The van der Waals surface area contributed by atoms with Gasteiger partial charge in [0.05, 0.1) is 6.21 Å². The SMILES string of the molecule is C=CCNC(=O)C(=O)N/N=C\c1ccc(OCc2ccccc2Cl)cc1. The van der Waals surface area contributed by atoms with Gasteiger partial charge in [0.15, 0.2) is 0 Å². The van der Waals surface area contributed by atoms with Crippen LogP contribution in [0.1, 0.15) is 11.1 Å². The summed E-state index contributed by atoms with van der Waals surface area (Å²) in [5.41, 5.74) is 3.78. The lowest BCUT2D eigenvalue weighted by atomic mass is 10.2. The molecule has 26 heavy (non-hydrogen) atoms. The van der Waals surface area contributed by atoms with E-state index in [0.29, 0.717) is 17.4 Å². The molecule has 134 valence electrons. The average molecular weight is 372 g/mol. The quantitative estimate of drug-likeness (QED) is 0.340. The minimum absolute atomic E-state index is 0.214. The standard InChI is InChI=1S/C19H18ClN3O3/c1-2-11-21-18(24)19(25)23-22-12-14-7-9-16(10-8-14)26-13-15-5-3-4-6-17(15)20/h2-10,12H,1,11,13H2,(H,21,24)(H,23,25)/b22-12-. The topological polar surface area (TPSA) is 79.8 Å². The number of nitrogens with one attached hydrogen (secondary N) is 2. The molecular formula is C19H18ClN3O3. The van der Waals surface area contributed by atoms with E-state index >= 15 is 0 Å². The second kappa shape index (κ2) is 10.0. The Hall–Kier alpha value is -3.12. The van der Waals surface area contributed by atoms with E-state index in [1.54, 1.807) is 24.3 Å². The lowest BCUT2D eigenvalue weighted by molar-refractivity contribution is -0.139. The van der Waals surface area contributed by atoms with E-state index in [0.717, 1.165) is 11.1 Å². The van der Waals surface area contributed by atoms with Crippen molar-refractivity contribution in [2.24, 2.45) is 5.10 Å². The van der Waals surface area contributed by atoms with Crippen LogP contribution in [-0.4, -0.2) is 24.6 Å². The van der Waals surface area contributed by atoms with Gasteiger partial charge in [-0.2, -0.15) is 5.10 Å². The summed E-state index contributed by atoms with van der Waals surface area (Å²) in [5, 5.41) is 6.74. The summed E-state index contributed by atoms with van der Waals surface area (Å²) < 4.78 is 5.68. The number of halogens is 1. The van der Waals surface area contributed by atoms with Gasteiger partial charge in [0.25, 0.3) is 0 Å². The van der Waals surface area contributed by atoms with Gasteiger partial charge in [0.2, 0.25) is 0 Å². The molecule has 0 fully saturated rings.